The fraction of sp³-hybridized carbons (Fsp3) is 0.174. The van der Waals surface area contributed by atoms with Gasteiger partial charge >= 0.3 is 5.97 Å². The average molecular weight is 466 g/mol. The van der Waals surface area contributed by atoms with Crippen LogP contribution in [0.1, 0.15) is 57.7 Å². The van der Waals surface area contributed by atoms with E-state index in [-0.39, 0.29) is 28.4 Å². The van der Waals surface area contributed by atoms with Crippen molar-refractivity contribution >= 4 is 40.6 Å². The zero-order valence-corrected chi connectivity index (χ0v) is 19.0. The Balaban J connectivity index is 1.92. The van der Waals surface area contributed by atoms with Crippen LogP contribution in [0.25, 0.3) is 10.4 Å². The maximum atomic E-state index is 12.9. The number of aromatic carboxylic acids is 1. The Kier molecular flexibility index (Phi) is 6.59. The third kappa shape index (κ3) is 5.60. The number of amidine groups is 1. The lowest BCUT2D eigenvalue weighted by Gasteiger charge is -2.20. The first-order valence-corrected chi connectivity index (χ1v) is 10.7. The molecule has 0 saturated carbocycles. The van der Waals surface area contributed by atoms with Gasteiger partial charge < -0.3 is 21.5 Å². The van der Waals surface area contributed by atoms with E-state index >= 15 is 0 Å². The first-order chi connectivity index (χ1) is 15.5. The number of amides is 2. The van der Waals surface area contributed by atoms with Gasteiger partial charge in [0.2, 0.25) is 0 Å². The summed E-state index contributed by atoms with van der Waals surface area (Å²) in [5.74, 6) is -2.32. The monoisotopic (exact) mass is 465 g/mol. The number of anilines is 1. The second-order valence-corrected chi connectivity index (χ2v) is 9.13. The van der Waals surface area contributed by atoms with Crippen molar-refractivity contribution in [1.29, 1.82) is 5.41 Å². The number of carboxylic acids is 1. The predicted octanol–water partition coefficient (Wildman–Crippen LogP) is 3.57. The largest absolute Gasteiger partial charge is 0.476 e. The van der Waals surface area contributed by atoms with Crippen molar-refractivity contribution in [1.82, 2.24) is 10.3 Å². The number of hydrogen-bond donors (Lipinski definition) is 5. The maximum Gasteiger partial charge on any atom is 0.355 e. The zero-order chi connectivity index (χ0) is 24.3. The van der Waals surface area contributed by atoms with E-state index in [2.05, 4.69) is 15.6 Å². The van der Waals surface area contributed by atoms with Gasteiger partial charge in [0.25, 0.3) is 11.8 Å². The third-order valence-corrected chi connectivity index (χ3v) is 5.37. The molecular formula is C23H23N5O4S. The van der Waals surface area contributed by atoms with Crippen molar-refractivity contribution < 1.29 is 19.5 Å². The van der Waals surface area contributed by atoms with E-state index in [0.717, 1.165) is 0 Å². The smallest absolute Gasteiger partial charge is 0.355 e. The maximum absolute atomic E-state index is 12.9. The molecule has 9 nitrogen and oxygen atoms in total. The van der Waals surface area contributed by atoms with Gasteiger partial charge in [0, 0.05) is 27.2 Å². The van der Waals surface area contributed by atoms with Crippen molar-refractivity contribution in [2.24, 2.45) is 5.73 Å². The molecule has 0 spiro atoms. The van der Waals surface area contributed by atoms with Gasteiger partial charge in [-0.3, -0.25) is 15.0 Å². The van der Waals surface area contributed by atoms with Crippen molar-refractivity contribution in [2.45, 2.75) is 26.3 Å². The Hall–Kier alpha value is -4.05. The van der Waals surface area contributed by atoms with E-state index < -0.39 is 23.3 Å². The molecule has 0 bridgehead atoms. The lowest BCUT2D eigenvalue weighted by Crippen LogP contribution is -2.41. The highest BCUT2D eigenvalue weighted by atomic mass is 32.1. The van der Waals surface area contributed by atoms with Crippen LogP contribution >= 0.6 is 11.3 Å². The summed E-state index contributed by atoms with van der Waals surface area (Å²) in [7, 11) is 0. The van der Waals surface area contributed by atoms with Crippen molar-refractivity contribution in [2.75, 3.05) is 5.32 Å². The lowest BCUT2D eigenvalue weighted by atomic mass is 10.1. The molecule has 3 aromatic rings. The van der Waals surface area contributed by atoms with Gasteiger partial charge in [0.05, 0.1) is 5.56 Å². The van der Waals surface area contributed by atoms with Gasteiger partial charge in [-0.15, -0.1) is 11.3 Å². The van der Waals surface area contributed by atoms with Crippen molar-refractivity contribution in [3.8, 4) is 10.4 Å². The van der Waals surface area contributed by atoms with Crippen LogP contribution in [-0.4, -0.2) is 39.2 Å². The summed E-state index contributed by atoms with van der Waals surface area (Å²) < 4.78 is 0. The standard InChI is InChI=1S/C23H23N5O4S/c1-23(2,3)28-21(30)16-9-8-14(17(27-16)22(31)32)18-15(10-11-33-18)20(29)26-13-6-4-12(5-7-13)19(24)25/h4-11H,1-3H3,(H3,24,25)(H,26,29)(H,28,30)(H,31,32). The van der Waals surface area contributed by atoms with Gasteiger partial charge in [-0.05, 0) is 68.6 Å². The summed E-state index contributed by atoms with van der Waals surface area (Å²) in [5, 5.41) is 24.3. The Morgan fingerprint density at radius 1 is 1.03 bits per heavy atom. The third-order valence-electron chi connectivity index (χ3n) is 4.43. The number of benzene rings is 1. The topological polar surface area (TPSA) is 158 Å². The van der Waals surface area contributed by atoms with Crippen LogP contribution in [0.15, 0.2) is 47.8 Å². The number of thiophene rings is 1. The number of aromatic nitrogens is 1. The molecule has 0 unspecified atom stereocenters. The first kappa shape index (κ1) is 23.6. The van der Waals surface area contributed by atoms with Gasteiger partial charge in [-0.1, -0.05) is 0 Å². The number of hydrogen-bond acceptors (Lipinski definition) is 6. The molecule has 10 heteroatoms. The van der Waals surface area contributed by atoms with Crippen LogP contribution in [0.3, 0.4) is 0 Å². The van der Waals surface area contributed by atoms with E-state index in [4.69, 9.17) is 11.1 Å². The van der Waals surface area contributed by atoms with Crippen molar-refractivity contribution in [3.05, 3.63) is 70.4 Å². The van der Waals surface area contributed by atoms with Crippen LogP contribution in [0.4, 0.5) is 5.69 Å². The molecule has 0 aliphatic rings. The Bertz CT molecular complexity index is 1240. The Morgan fingerprint density at radius 2 is 1.70 bits per heavy atom. The predicted molar refractivity (Wildman–Crippen MR) is 127 cm³/mol. The zero-order valence-electron chi connectivity index (χ0n) is 18.2. The minimum atomic E-state index is -1.31. The molecule has 6 N–H and O–H groups in total. The van der Waals surface area contributed by atoms with E-state index in [0.29, 0.717) is 16.1 Å². The quantitative estimate of drug-likeness (QED) is 0.276. The van der Waals surface area contributed by atoms with Crippen LogP contribution in [0.2, 0.25) is 0 Å². The minimum absolute atomic E-state index is 0.0285. The second kappa shape index (κ2) is 9.21. The molecule has 0 saturated heterocycles. The average Bonchev–Trinajstić information content (AvgIpc) is 3.22. The van der Waals surface area contributed by atoms with Crippen LogP contribution in [0, 0.1) is 5.41 Å². The number of nitrogen functional groups attached to an aromatic ring is 1. The molecule has 170 valence electrons. The van der Waals surface area contributed by atoms with Gasteiger partial charge in [-0.2, -0.15) is 0 Å². The minimum Gasteiger partial charge on any atom is -0.476 e. The Labute approximate surface area is 194 Å². The van der Waals surface area contributed by atoms with E-state index in [1.165, 1.54) is 23.5 Å². The molecule has 1 aromatic carbocycles. The molecule has 0 radical (unpaired) electrons. The lowest BCUT2D eigenvalue weighted by molar-refractivity contribution is 0.0691. The van der Waals surface area contributed by atoms with Crippen LogP contribution in [0.5, 0.6) is 0 Å². The molecule has 2 aromatic heterocycles. The number of pyridine rings is 1. The Morgan fingerprint density at radius 3 is 2.27 bits per heavy atom. The number of nitrogens with one attached hydrogen (secondary N) is 3. The van der Waals surface area contributed by atoms with Gasteiger partial charge in [0.15, 0.2) is 5.69 Å². The number of nitrogens with zero attached hydrogens (tertiary/aromatic N) is 1. The van der Waals surface area contributed by atoms with Gasteiger partial charge in [-0.25, -0.2) is 9.78 Å². The number of carbonyl (C=O) groups is 3. The normalized spacial score (nSPS) is 11.0. The van der Waals surface area contributed by atoms with Gasteiger partial charge in [0.1, 0.15) is 11.5 Å². The number of carboxylic acid groups (broad SMARTS) is 1. The van der Waals surface area contributed by atoms with E-state index in [1.54, 1.807) is 35.7 Å². The van der Waals surface area contributed by atoms with Crippen molar-refractivity contribution in [3.63, 3.8) is 0 Å². The molecule has 0 atom stereocenters. The number of rotatable bonds is 6. The van der Waals surface area contributed by atoms with E-state index in [1.807, 2.05) is 20.8 Å². The fourth-order valence-corrected chi connectivity index (χ4v) is 3.88. The second-order valence-electron chi connectivity index (χ2n) is 8.21. The highest BCUT2D eigenvalue weighted by Gasteiger charge is 2.24. The van der Waals surface area contributed by atoms with E-state index in [9.17, 15) is 19.5 Å². The highest BCUT2D eigenvalue weighted by Crippen LogP contribution is 2.32. The summed E-state index contributed by atoms with van der Waals surface area (Å²) in [6, 6.07) is 11.0. The number of nitrogens with two attached hydrogens (primary N) is 1. The molecule has 0 fully saturated rings. The highest BCUT2D eigenvalue weighted by molar-refractivity contribution is 7.14. The summed E-state index contributed by atoms with van der Waals surface area (Å²) in [4.78, 5) is 41.7. The number of carbonyl (C=O) groups excluding carboxylic acids is 2. The summed E-state index contributed by atoms with van der Waals surface area (Å²) in [5.41, 5.74) is 6.11. The van der Waals surface area contributed by atoms with Crippen LogP contribution in [-0.2, 0) is 0 Å². The molecule has 0 aliphatic carbocycles. The first-order valence-electron chi connectivity index (χ1n) is 9.87. The molecular weight excluding hydrogens is 442 g/mol. The summed E-state index contributed by atoms with van der Waals surface area (Å²) in [6.45, 7) is 5.42. The molecule has 0 aliphatic heterocycles. The fourth-order valence-electron chi connectivity index (χ4n) is 2.96. The molecule has 3 rings (SSSR count). The SMILES string of the molecule is CC(C)(C)NC(=O)c1ccc(-c2sccc2C(=O)Nc2ccc(C(=N)N)cc2)c(C(=O)O)n1. The molecule has 33 heavy (non-hydrogen) atoms. The molecule has 2 heterocycles. The summed E-state index contributed by atoms with van der Waals surface area (Å²) >= 11 is 1.19. The van der Waals surface area contributed by atoms with Crippen LogP contribution < -0.4 is 16.4 Å². The summed E-state index contributed by atoms with van der Waals surface area (Å²) in [6.07, 6.45) is 0. The molecule has 2 amide bonds.